The molecule has 2 heterocycles. The van der Waals surface area contributed by atoms with E-state index in [1.54, 1.807) is 12.0 Å². The lowest BCUT2D eigenvalue weighted by molar-refractivity contribution is 0.0601. The molecule has 2 saturated carbocycles. The number of aromatic nitrogens is 3. The van der Waals surface area contributed by atoms with E-state index in [1.807, 2.05) is 26.2 Å². The number of amides is 1. The summed E-state index contributed by atoms with van der Waals surface area (Å²) in [5, 5.41) is 5.56. The molecule has 0 spiro atoms. The first-order valence-electron chi connectivity index (χ1n) is 10.2. The highest BCUT2D eigenvalue weighted by atomic mass is 16.5. The third-order valence-corrected chi connectivity index (χ3v) is 6.01. The van der Waals surface area contributed by atoms with E-state index in [0.29, 0.717) is 18.5 Å². The largest absolute Gasteiger partial charge is 0.380 e. The molecule has 146 valence electrons. The van der Waals surface area contributed by atoms with E-state index in [2.05, 4.69) is 9.78 Å². The zero-order chi connectivity index (χ0) is 19.0. The van der Waals surface area contributed by atoms with Crippen molar-refractivity contribution in [2.45, 2.75) is 69.9 Å². The molecule has 1 amide bonds. The van der Waals surface area contributed by atoms with Crippen molar-refractivity contribution >= 4 is 16.9 Å². The molecule has 2 aliphatic carbocycles. The third kappa shape index (κ3) is 3.72. The first-order valence-corrected chi connectivity index (χ1v) is 10.2. The van der Waals surface area contributed by atoms with Crippen molar-refractivity contribution < 1.29 is 9.53 Å². The first kappa shape index (κ1) is 18.4. The minimum Gasteiger partial charge on any atom is -0.380 e. The number of fused-ring (bicyclic) bond motifs is 1. The molecule has 6 heteroatoms. The molecule has 6 nitrogen and oxygen atoms in total. The van der Waals surface area contributed by atoms with Crippen LogP contribution in [0.4, 0.5) is 0 Å². The van der Waals surface area contributed by atoms with Crippen LogP contribution >= 0.6 is 0 Å². The van der Waals surface area contributed by atoms with Crippen LogP contribution in [0.2, 0.25) is 0 Å². The van der Waals surface area contributed by atoms with E-state index in [-0.39, 0.29) is 12.0 Å². The summed E-state index contributed by atoms with van der Waals surface area (Å²) in [6.07, 6.45) is 10.3. The molecule has 0 saturated heterocycles. The maximum Gasteiger partial charge on any atom is 0.254 e. The molecule has 2 fully saturated rings. The summed E-state index contributed by atoms with van der Waals surface area (Å²) in [4.78, 5) is 19.9. The molecule has 2 aliphatic rings. The molecule has 0 radical (unpaired) electrons. The van der Waals surface area contributed by atoms with Crippen molar-refractivity contribution in [2.75, 3.05) is 20.7 Å². The van der Waals surface area contributed by atoms with E-state index in [9.17, 15) is 4.79 Å². The molecule has 0 aliphatic heterocycles. The van der Waals surface area contributed by atoms with Gasteiger partial charge in [0.15, 0.2) is 5.65 Å². The van der Waals surface area contributed by atoms with Crippen molar-refractivity contribution in [1.29, 1.82) is 0 Å². The molecule has 2 aromatic rings. The average molecular weight is 370 g/mol. The summed E-state index contributed by atoms with van der Waals surface area (Å²) in [6.45, 7) is 2.54. The summed E-state index contributed by atoms with van der Waals surface area (Å²) in [6, 6.07) is 2.41. The molecule has 2 aromatic heterocycles. The number of likely N-dealkylation sites (N-methyl/N-ethyl adjacent to an activating group) is 1. The van der Waals surface area contributed by atoms with Gasteiger partial charge < -0.3 is 9.64 Å². The Bertz CT molecular complexity index is 821. The molecule has 0 bridgehead atoms. The number of pyridine rings is 1. The number of carbonyl (C=O) groups is 1. The second-order valence-corrected chi connectivity index (χ2v) is 8.22. The quantitative estimate of drug-likeness (QED) is 0.773. The minimum absolute atomic E-state index is 0.00384. The van der Waals surface area contributed by atoms with E-state index in [1.165, 1.54) is 32.1 Å². The smallest absolute Gasteiger partial charge is 0.254 e. The van der Waals surface area contributed by atoms with Crippen LogP contribution in [-0.2, 0) is 4.74 Å². The average Bonchev–Trinajstić information content (AvgIpc) is 3.46. The van der Waals surface area contributed by atoms with Crippen molar-refractivity contribution in [2.24, 2.45) is 0 Å². The normalized spacial score (nSPS) is 19.4. The summed E-state index contributed by atoms with van der Waals surface area (Å²) >= 11 is 0. The van der Waals surface area contributed by atoms with Crippen molar-refractivity contribution in [3.05, 3.63) is 23.5 Å². The Hall–Kier alpha value is -1.95. The lowest BCUT2D eigenvalue weighted by Gasteiger charge is -2.23. The zero-order valence-electron chi connectivity index (χ0n) is 16.6. The molecule has 0 N–H and O–H groups in total. The molecule has 1 unspecified atom stereocenters. The minimum atomic E-state index is 0.00384. The summed E-state index contributed by atoms with van der Waals surface area (Å²) in [5.74, 6) is 0.523. The van der Waals surface area contributed by atoms with Gasteiger partial charge in [0.05, 0.1) is 29.3 Å². The van der Waals surface area contributed by atoms with Gasteiger partial charge in [0, 0.05) is 32.3 Å². The maximum absolute atomic E-state index is 13.2. The Morgan fingerprint density at radius 2 is 2.04 bits per heavy atom. The maximum atomic E-state index is 13.2. The molecular weight excluding hydrogens is 340 g/mol. The highest BCUT2D eigenvalue weighted by molar-refractivity contribution is 6.05. The van der Waals surface area contributed by atoms with E-state index in [4.69, 9.17) is 9.72 Å². The second-order valence-electron chi connectivity index (χ2n) is 8.22. The van der Waals surface area contributed by atoms with Gasteiger partial charge in [-0.3, -0.25) is 4.79 Å². The lowest BCUT2D eigenvalue weighted by Crippen LogP contribution is -2.34. The topological polar surface area (TPSA) is 60.2 Å². The summed E-state index contributed by atoms with van der Waals surface area (Å²) < 4.78 is 7.42. The van der Waals surface area contributed by atoms with Crippen molar-refractivity contribution in [3.63, 3.8) is 0 Å². The number of ether oxygens (including phenoxy) is 1. The number of rotatable bonds is 6. The lowest BCUT2D eigenvalue weighted by atomic mass is 9.95. The summed E-state index contributed by atoms with van der Waals surface area (Å²) in [7, 11) is 3.51. The number of carbonyl (C=O) groups excluding carboxylic acids is 1. The van der Waals surface area contributed by atoms with Crippen LogP contribution < -0.4 is 0 Å². The second kappa shape index (κ2) is 7.58. The predicted molar refractivity (Wildman–Crippen MR) is 105 cm³/mol. The molecule has 0 aromatic carbocycles. The Labute approximate surface area is 160 Å². The van der Waals surface area contributed by atoms with Crippen molar-refractivity contribution in [3.8, 4) is 0 Å². The van der Waals surface area contributed by atoms with Crippen LogP contribution in [-0.4, -0.2) is 52.4 Å². The SMILES string of the molecule is COC(C)CN(C)C(=O)c1cc(C2CC2)nc2c1cnn2C1CCCCC1. The highest BCUT2D eigenvalue weighted by Crippen LogP contribution is 2.41. The van der Waals surface area contributed by atoms with Gasteiger partial charge in [-0.25, -0.2) is 9.67 Å². The van der Waals surface area contributed by atoms with Crippen molar-refractivity contribution in [1.82, 2.24) is 19.7 Å². The van der Waals surface area contributed by atoms with Gasteiger partial charge in [0.25, 0.3) is 5.91 Å². The summed E-state index contributed by atoms with van der Waals surface area (Å²) in [5.41, 5.74) is 2.68. The van der Waals surface area contributed by atoms with Crippen LogP contribution in [0.15, 0.2) is 12.3 Å². The van der Waals surface area contributed by atoms with Crippen LogP contribution in [0.1, 0.15) is 79.9 Å². The van der Waals surface area contributed by atoms with Gasteiger partial charge in [0.2, 0.25) is 0 Å². The fourth-order valence-electron chi connectivity index (χ4n) is 4.14. The Kier molecular flexibility index (Phi) is 5.17. The monoisotopic (exact) mass is 370 g/mol. The molecule has 27 heavy (non-hydrogen) atoms. The van der Waals surface area contributed by atoms with Gasteiger partial charge >= 0.3 is 0 Å². The Balaban J connectivity index is 1.73. The van der Waals surface area contributed by atoms with Crippen LogP contribution in [0.5, 0.6) is 0 Å². The van der Waals surface area contributed by atoms with Gasteiger partial charge in [-0.05, 0) is 38.7 Å². The first-order chi connectivity index (χ1) is 13.1. The van der Waals surface area contributed by atoms with Crippen LogP contribution in [0.25, 0.3) is 11.0 Å². The fourth-order valence-corrected chi connectivity index (χ4v) is 4.14. The highest BCUT2D eigenvalue weighted by Gasteiger charge is 2.30. The number of hydrogen-bond acceptors (Lipinski definition) is 4. The van der Waals surface area contributed by atoms with Gasteiger partial charge in [0.1, 0.15) is 0 Å². The van der Waals surface area contributed by atoms with Gasteiger partial charge in [-0.15, -0.1) is 0 Å². The Morgan fingerprint density at radius 1 is 1.30 bits per heavy atom. The molecule has 4 rings (SSSR count). The van der Waals surface area contributed by atoms with Gasteiger partial charge in [-0.1, -0.05) is 19.3 Å². The van der Waals surface area contributed by atoms with E-state index in [0.717, 1.165) is 35.1 Å². The molecular formula is C21H30N4O2. The third-order valence-electron chi connectivity index (χ3n) is 6.01. The van der Waals surface area contributed by atoms with E-state index >= 15 is 0 Å². The number of methoxy groups -OCH3 is 1. The number of nitrogens with zero attached hydrogens (tertiary/aromatic N) is 4. The number of hydrogen-bond donors (Lipinski definition) is 0. The Morgan fingerprint density at radius 3 is 2.70 bits per heavy atom. The van der Waals surface area contributed by atoms with Gasteiger partial charge in [-0.2, -0.15) is 5.10 Å². The van der Waals surface area contributed by atoms with Crippen LogP contribution in [0.3, 0.4) is 0 Å². The fraction of sp³-hybridized carbons (Fsp3) is 0.667. The molecule has 1 atom stereocenters. The zero-order valence-corrected chi connectivity index (χ0v) is 16.6. The standard InChI is InChI=1S/C21H30N4O2/c1-14(27-3)13-24(2)21(26)17-11-19(15-9-10-15)23-20-18(17)12-22-25(20)16-7-5-4-6-8-16/h11-12,14-16H,4-10,13H2,1-3H3. The van der Waals surface area contributed by atoms with Crippen LogP contribution in [0, 0.1) is 0 Å². The van der Waals surface area contributed by atoms with E-state index < -0.39 is 0 Å². The predicted octanol–water partition coefficient (Wildman–Crippen LogP) is 3.92.